The molecule has 3 nitrogen and oxygen atoms in total. The molecular weight excluding hydrogens is 236 g/mol. The van der Waals surface area contributed by atoms with Crippen LogP contribution in [0.15, 0.2) is 24.3 Å². The van der Waals surface area contributed by atoms with E-state index in [1.807, 2.05) is 0 Å². The standard InChI is InChI=1S/C16H24N2O/c1-18(15-6-8-19-9-7-15)16(12-17)10-13-4-2-3-5-14(13)11-16/h2-5,15H,6-12,17H2,1H3. The summed E-state index contributed by atoms with van der Waals surface area (Å²) in [5.41, 5.74) is 9.26. The lowest BCUT2D eigenvalue weighted by atomic mass is 9.90. The summed E-state index contributed by atoms with van der Waals surface area (Å²) in [6.07, 6.45) is 4.45. The second-order valence-corrected chi connectivity index (χ2v) is 6.01. The van der Waals surface area contributed by atoms with Crippen molar-refractivity contribution in [3.8, 4) is 0 Å². The molecule has 0 spiro atoms. The fourth-order valence-corrected chi connectivity index (χ4v) is 3.67. The largest absolute Gasteiger partial charge is 0.381 e. The van der Waals surface area contributed by atoms with E-state index in [0.29, 0.717) is 6.04 Å². The first-order valence-corrected chi connectivity index (χ1v) is 7.33. The number of hydrogen-bond acceptors (Lipinski definition) is 3. The van der Waals surface area contributed by atoms with E-state index in [4.69, 9.17) is 10.5 Å². The van der Waals surface area contributed by atoms with Gasteiger partial charge in [-0.1, -0.05) is 24.3 Å². The fourth-order valence-electron chi connectivity index (χ4n) is 3.67. The molecule has 1 saturated heterocycles. The van der Waals surface area contributed by atoms with Crippen LogP contribution in [0.1, 0.15) is 24.0 Å². The molecule has 0 saturated carbocycles. The van der Waals surface area contributed by atoms with Crippen LogP contribution >= 0.6 is 0 Å². The molecule has 3 heteroatoms. The van der Waals surface area contributed by atoms with Gasteiger partial charge in [0.25, 0.3) is 0 Å². The average molecular weight is 260 g/mol. The molecule has 1 heterocycles. The van der Waals surface area contributed by atoms with Crippen molar-refractivity contribution >= 4 is 0 Å². The third kappa shape index (κ3) is 2.31. The van der Waals surface area contributed by atoms with E-state index in [1.54, 1.807) is 0 Å². The maximum absolute atomic E-state index is 6.18. The van der Waals surface area contributed by atoms with E-state index in [0.717, 1.165) is 45.4 Å². The molecule has 1 aliphatic carbocycles. The van der Waals surface area contributed by atoms with Gasteiger partial charge in [0.15, 0.2) is 0 Å². The van der Waals surface area contributed by atoms with Crippen molar-refractivity contribution in [3.63, 3.8) is 0 Å². The molecule has 0 amide bonds. The molecular formula is C16H24N2O. The smallest absolute Gasteiger partial charge is 0.0480 e. The van der Waals surface area contributed by atoms with Gasteiger partial charge in [0.1, 0.15) is 0 Å². The SMILES string of the molecule is CN(C1CCOCC1)C1(CN)Cc2ccccc2C1. The number of hydrogen-bond donors (Lipinski definition) is 1. The van der Waals surface area contributed by atoms with E-state index in [1.165, 1.54) is 11.1 Å². The summed E-state index contributed by atoms with van der Waals surface area (Å²) in [6, 6.07) is 9.40. The van der Waals surface area contributed by atoms with Crippen molar-refractivity contribution in [1.29, 1.82) is 0 Å². The van der Waals surface area contributed by atoms with Gasteiger partial charge in [-0.05, 0) is 43.9 Å². The van der Waals surface area contributed by atoms with Crippen LogP contribution in [-0.2, 0) is 17.6 Å². The van der Waals surface area contributed by atoms with Gasteiger partial charge in [-0.2, -0.15) is 0 Å². The van der Waals surface area contributed by atoms with Crippen LogP contribution < -0.4 is 5.73 Å². The summed E-state index contributed by atoms with van der Waals surface area (Å²) >= 11 is 0. The normalized spacial score (nSPS) is 22.7. The molecule has 1 fully saturated rings. The van der Waals surface area contributed by atoms with Crippen LogP contribution in [0.3, 0.4) is 0 Å². The lowest BCUT2D eigenvalue weighted by molar-refractivity contribution is 0.00120. The van der Waals surface area contributed by atoms with E-state index >= 15 is 0 Å². The Morgan fingerprint density at radius 1 is 1.21 bits per heavy atom. The van der Waals surface area contributed by atoms with Gasteiger partial charge in [0.05, 0.1) is 0 Å². The summed E-state index contributed by atoms with van der Waals surface area (Å²) in [7, 11) is 2.26. The Balaban J connectivity index is 1.81. The first-order chi connectivity index (χ1) is 9.25. The first kappa shape index (κ1) is 13.1. The van der Waals surface area contributed by atoms with Crippen LogP contribution in [0.4, 0.5) is 0 Å². The van der Waals surface area contributed by atoms with Gasteiger partial charge in [-0.3, -0.25) is 4.90 Å². The quantitative estimate of drug-likeness (QED) is 0.897. The monoisotopic (exact) mass is 260 g/mol. The molecule has 0 bridgehead atoms. The number of benzene rings is 1. The molecule has 2 aliphatic rings. The third-order valence-corrected chi connectivity index (χ3v) is 5.02. The van der Waals surface area contributed by atoms with Gasteiger partial charge in [-0.15, -0.1) is 0 Å². The summed E-state index contributed by atoms with van der Waals surface area (Å²) in [4.78, 5) is 2.55. The highest BCUT2D eigenvalue weighted by atomic mass is 16.5. The number of nitrogens with two attached hydrogens (primary N) is 1. The average Bonchev–Trinajstić information content (AvgIpc) is 2.87. The molecule has 19 heavy (non-hydrogen) atoms. The van der Waals surface area contributed by atoms with Gasteiger partial charge >= 0.3 is 0 Å². The topological polar surface area (TPSA) is 38.5 Å². The Kier molecular flexibility index (Phi) is 3.61. The van der Waals surface area contributed by atoms with Crippen LogP contribution in [-0.4, -0.2) is 43.3 Å². The zero-order valence-corrected chi connectivity index (χ0v) is 11.8. The maximum Gasteiger partial charge on any atom is 0.0480 e. The minimum atomic E-state index is 0.117. The zero-order valence-electron chi connectivity index (χ0n) is 11.8. The number of ether oxygens (including phenoxy) is 1. The lowest BCUT2D eigenvalue weighted by Crippen LogP contribution is -2.57. The predicted octanol–water partition coefficient (Wildman–Crippen LogP) is 1.59. The van der Waals surface area contributed by atoms with Crippen molar-refractivity contribution in [2.24, 2.45) is 5.73 Å². The van der Waals surface area contributed by atoms with Crippen LogP contribution in [0.5, 0.6) is 0 Å². The second kappa shape index (κ2) is 5.23. The van der Waals surface area contributed by atoms with Crippen LogP contribution in [0.2, 0.25) is 0 Å². The molecule has 0 atom stereocenters. The number of likely N-dealkylation sites (N-methyl/N-ethyl adjacent to an activating group) is 1. The Morgan fingerprint density at radius 2 is 1.79 bits per heavy atom. The molecule has 1 aromatic rings. The molecule has 2 N–H and O–H groups in total. The summed E-state index contributed by atoms with van der Waals surface area (Å²) < 4.78 is 5.48. The van der Waals surface area contributed by atoms with Crippen LogP contribution in [0, 0.1) is 0 Å². The van der Waals surface area contributed by atoms with Crippen molar-refractivity contribution in [1.82, 2.24) is 4.90 Å². The van der Waals surface area contributed by atoms with Gasteiger partial charge in [-0.25, -0.2) is 0 Å². The van der Waals surface area contributed by atoms with Crippen molar-refractivity contribution in [2.45, 2.75) is 37.3 Å². The Bertz CT molecular complexity index is 415. The van der Waals surface area contributed by atoms with Gasteiger partial charge in [0.2, 0.25) is 0 Å². The summed E-state index contributed by atoms with van der Waals surface area (Å²) in [6.45, 7) is 2.51. The molecule has 1 aliphatic heterocycles. The minimum absolute atomic E-state index is 0.117. The van der Waals surface area contributed by atoms with Crippen molar-refractivity contribution < 1.29 is 4.74 Å². The molecule has 0 radical (unpaired) electrons. The van der Waals surface area contributed by atoms with E-state index in [9.17, 15) is 0 Å². The minimum Gasteiger partial charge on any atom is -0.381 e. The molecule has 104 valence electrons. The zero-order chi connectivity index (χ0) is 13.3. The lowest BCUT2D eigenvalue weighted by Gasteiger charge is -2.44. The highest BCUT2D eigenvalue weighted by molar-refractivity contribution is 5.36. The second-order valence-electron chi connectivity index (χ2n) is 6.01. The van der Waals surface area contributed by atoms with Crippen molar-refractivity contribution in [2.75, 3.05) is 26.8 Å². The number of fused-ring (bicyclic) bond motifs is 1. The van der Waals surface area contributed by atoms with E-state index < -0.39 is 0 Å². The molecule has 0 aromatic heterocycles. The summed E-state index contributed by atoms with van der Waals surface area (Å²) in [5, 5.41) is 0. The highest BCUT2D eigenvalue weighted by Gasteiger charge is 2.42. The Morgan fingerprint density at radius 3 is 2.32 bits per heavy atom. The van der Waals surface area contributed by atoms with E-state index in [-0.39, 0.29) is 5.54 Å². The van der Waals surface area contributed by atoms with Gasteiger partial charge < -0.3 is 10.5 Å². The third-order valence-electron chi connectivity index (χ3n) is 5.02. The number of nitrogens with zero attached hydrogens (tertiary/aromatic N) is 1. The maximum atomic E-state index is 6.18. The van der Waals surface area contributed by atoms with E-state index in [2.05, 4.69) is 36.2 Å². The summed E-state index contributed by atoms with van der Waals surface area (Å²) in [5.74, 6) is 0. The first-order valence-electron chi connectivity index (χ1n) is 7.33. The fraction of sp³-hybridized carbons (Fsp3) is 0.625. The Hall–Kier alpha value is -0.900. The molecule has 0 unspecified atom stereocenters. The predicted molar refractivity (Wildman–Crippen MR) is 77.2 cm³/mol. The number of rotatable bonds is 3. The Labute approximate surface area is 115 Å². The van der Waals surface area contributed by atoms with Crippen molar-refractivity contribution in [3.05, 3.63) is 35.4 Å². The van der Waals surface area contributed by atoms with Gasteiger partial charge in [0, 0.05) is 31.3 Å². The van der Waals surface area contributed by atoms with Crippen LogP contribution in [0.25, 0.3) is 0 Å². The highest BCUT2D eigenvalue weighted by Crippen LogP contribution is 2.35. The molecule has 3 rings (SSSR count). The molecule has 1 aromatic carbocycles.